The van der Waals surface area contributed by atoms with Crippen LogP contribution in [0.4, 0.5) is 0 Å². The van der Waals surface area contributed by atoms with Crippen LogP contribution in [0.25, 0.3) is 0 Å². The molecule has 0 radical (unpaired) electrons. The molecule has 0 unspecified atom stereocenters. The topological polar surface area (TPSA) is 56.5 Å². The van der Waals surface area contributed by atoms with E-state index in [0.717, 1.165) is 43.0 Å². The zero-order valence-corrected chi connectivity index (χ0v) is 12.3. The van der Waals surface area contributed by atoms with Crippen LogP contribution in [0.2, 0.25) is 0 Å². The number of rotatable bonds is 4. The highest BCUT2D eigenvalue weighted by atomic mass is 35.5. The van der Waals surface area contributed by atoms with Crippen molar-refractivity contribution in [3.05, 3.63) is 23.8 Å². The first-order chi connectivity index (χ1) is 8.76. The molecule has 108 valence electrons. The Labute approximate surface area is 121 Å². The number of nitrogens with two attached hydrogens (primary N) is 1. The van der Waals surface area contributed by atoms with E-state index >= 15 is 0 Å². The van der Waals surface area contributed by atoms with Gasteiger partial charge in [-0.3, -0.25) is 0 Å². The third kappa shape index (κ3) is 3.75. The van der Waals surface area contributed by atoms with Crippen molar-refractivity contribution in [2.45, 2.75) is 18.9 Å². The molecule has 0 aromatic heterocycles. The average Bonchev–Trinajstić information content (AvgIpc) is 2.46. The molecule has 19 heavy (non-hydrogen) atoms. The molecule has 0 amide bonds. The highest BCUT2D eigenvalue weighted by Crippen LogP contribution is 2.33. The van der Waals surface area contributed by atoms with E-state index < -0.39 is 0 Å². The van der Waals surface area contributed by atoms with Gasteiger partial charge in [-0.15, -0.1) is 12.4 Å². The van der Waals surface area contributed by atoms with Crippen LogP contribution < -0.4 is 20.5 Å². The predicted molar refractivity (Wildman–Crippen MR) is 79.3 cm³/mol. The number of piperidine rings is 1. The Bertz CT molecular complexity index is 395. The van der Waals surface area contributed by atoms with Crippen LogP contribution in [0, 0.1) is 5.92 Å². The van der Waals surface area contributed by atoms with Crippen molar-refractivity contribution in [1.82, 2.24) is 5.32 Å². The molecule has 0 spiro atoms. The van der Waals surface area contributed by atoms with Crippen LogP contribution in [0.15, 0.2) is 18.2 Å². The molecule has 5 heteroatoms. The lowest BCUT2D eigenvalue weighted by atomic mass is 9.86. The molecular weight excluding hydrogens is 264 g/mol. The van der Waals surface area contributed by atoms with Gasteiger partial charge in [0.2, 0.25) is 0 Å². The Hall–Kier alpha value is -0.970. The summed E-state index contributed by atoms with van der Waals surface area (Å²) < 4.78 is 10.6. The standard InChI is InChI=1S/C14H22N2O2.ClH/c1-17-12-4-3-11(9-13(12)18-2)14(15)10-5-7-16-8-6-10;/h3-4,9-10,14,16H,5-8,15H2,1-2H3;1H/t14-;/m1./s1. The highest BCUT2D eigenvalue weighted by molar-refractivity contribution is 5.85. The first-order valence-corrected chi connectivity index (χ1v) is 6.44. The zero-order valence-electron chi connectivity index (χ0n) is 11.5. The molecule has 1 aromatic rings. The third-order valence-electron chi connectivity index (χ3n) is 3.68. The lowest BCUT2D eigenvalue weighted by Crippen LogP contribution is -2.33. The van der Waals surface area contributed by atoms with Gasteiger partial charge in [0.25, 0.3) is 0 Å². The second-order valence-corrected chi connectivity index (χ2v) is 4.73. The van der Waals surface area contributed by atoms with Crippen LogP contribution in [0.3, 0.4) is 0 Å². The quantitative estimate of drug-likeness (QED) is 0.890. The van der Waals surface area contributed by atoms with E-state index in [1.54, 1.807) is 14.2 Å². The molecular formula is C14H23ClN2O2. The van der Waals surface area contributed by atoms with Crippen LogP contribution in [-0.4, -0.2) is 27.3 Å². The van der Waals surface area contributed by atoms with Crippen molar-refractivity contribution in [1.29, 1.82) is 0 Å². The van der Waals surface area contributed by atoms with Gasteiger partial charge in [0.1, 0.15) is 0 Å². The molecule has 0 aliphatic carbocycles. The second kappa shape index (κ2) is 7.58. The number of halogens is 1. The van der Waals surface area contributed by atoms with E-state index in [1.165, 1.54) is 0 Å². The summed E-state index contributed by atoms with van der Waals surface area (Å²) in [4.78, 5) is 0. The summed E-state index contributed by atoms with van der Waals surface area (Å²) in [6.07, 6.45) is 2.27. The summed E-state index contributed by atoms with van der Waals surface area (Å²) in [5.74, 6) is 2.04. The maximum absolute atomic E-state index is 6.36. The minimum Gasteiger partial charge on any atom is -0.493 e. The van der Waals surface area contributed by atoms with E-state index in [2.05, 4.69) is 5.32 Å². The molecule has 4 nitrogen and oxygen atoms in total. The molecule has 1 aliphatic heterocycles. The minimum absolute atomic E-state index is 0. The number of hydrogen-bond acceptors (Lipinski definition) is 4. The van der Waals surface area contributed by atoms with Gasteiger partial charge < -0.3 is 20.5 Å². The van der Waals surface area contributed by atoms with E-state index in [-0.39, 0.29) is 18.4 Å². The average molecular weight is 287 g/mol. The van der Waals surface area contributed by atoms with Crippen LogP contribution in [0.5, 0.6) is 11.5 Å². The first-order valence-electron chi connectivity index (χ1n) is 6.44. The normalized spacial score (nSPS) is 17.4. The summed E-state index contributed by atoms with van der Waals surface area (Å²) >= 11 is 0. The van der Waals surface area contributed by atoms with Gasteiger partial charge in [0, 0.05) is 6.04 Å². The van der Waals surface area contributed by atoms with Crippen molar-refractivity contribution in [2.75, 3.05) is 27.3 Å². The van der Waals surface area contributed by atoms with Crippen LogP contribution in [0.1, 0.15) is 24.4 Å². The Morgan fingerprint density at radius 3 is 2.37 bits per heavy atom. The van der Waals surface area contributed by atoms with Gasteiger partial charge in [-0.1, -0.05) is 6.07 Å². The molecule has 0 saturated carbocycles. The molecule has 1 aliphatic rings. The summed E-state index contributed by atoms with van der Waals surface area (Å²) in [5, 5.41) is 3.36. The SMILES string of the molecule is COc1ccc([C@H](N)C2CCNCC2)cc1OC.Cl. The maximum Gasteiger partial charge on any atom is 0.161 e. The van der Waals surface area contributed by atoms with Crippen molar-refractivity contribution in [3.8, 4) is 11.5 Å². The maximum atomic E-state index is 6.36. The van der Waals surface area contributed by atoms with E-state index in [9.17, 15) is 0 Å². The fraction of sp³-hybridized carbons (Fsp3) is 0.571. The van der Waals surface area contributed by atoms with Gasteiger partial charge in [-0.2, -0.15) is 0 Å². The summed E-state index contributed by atoms with van der Waals surface area (Å²) in [6.45, 7) is 2.12. The molecule has 3 N–H and O–H groups in total. The lowest BCUT2D eigenvalue weighted by molar-refractivity contribution is 0.319. The zero-order chi connectivity index (χ0) is 13.0. The second-order valence-electron chi connectivity index (χ2n) is 4.73. The molecule has 1 heterocycles. The molecule has 1 fully saturated rings. The van der Waals surface area contributed by atoms with Gasteiger partial charge in [-0.25, -0.2) is 0 Å². The van der Waals surface area contributed by atoms with Gasteiger partial charge in [0.15, 0.2) is 11.5 Å². The molecule has 0 bridgehead atoms. The van der Waals surface area contributed by atoms with Crippen LogP contribution in [-0.2, 0) is 0 Å². The number of methoxy groups -OCH3 is 2. The Morgan fingerprint density at radius 2 is 1.79 bits per heavy atom. The molecule has 1 aromatic carbocycles. The van der Waals surface area contributed by atoms with Gasteiger partial charge in [-0.05, 0) is 49.5 Å². The lowest BCUT2D eigenvalue weighted by Gasteiger charge is -2.28. The number of hydrogen-bond donors (Lipinski definition) is 2. The Kier molecular flexibility index (Phi) is 6.42. The molecule has 2 rings (SSSR count). The number of nitrogens with one attached hydrogen (secondary N) is 1. The van der Waals surface area contributed by atoms with E-state index in [4.69, 9.17) is 15.2 Å². The highest BCUT2D eigenvalue weighted by Gasteiger charge is 2.22. The van der Waals surface area contributed by atoms with Crippen molar-refractivity contribution >= 4 is 12.4 Å². The first kappa shape index (κ1) is 16.1. The van der Waals surface area contributed by atoms with Gasteiger partial charge in [0.05, 0.1) is 14.2 Å². The molecule has 1 saturated heterocycles. The summed E-state index contributed by atoms with van der Waals surface area (Å²) in [7, 11) is 3.29. The van der Waals surface area contributed by atoms with E-state index in [1.807, 2.05) is 18.2 Å². The van der Waals surface area contributed by atoms with E-state index in [0.29, 0.717) is 5.92 Å². The largest absolute Gasteiger partial charge is 0.493 e. The van der Waals surface area contributed by atoms with Crippen molar-refractivity contribution in [3.63, 3.8) is 0 Å². The minimum atomic E-state index is 0. The van der Waals surface area contributed by atoms with Crippen LogP contribution >= 0.6 is 12.4 Å². The monoisotopic (exact) mass is 286 g/mol. The van der Waals surface area contributed by atoms with Crippen molar-refractivity contribution < 1.29 is 9.47 Å². The fourth-order valence-electron chi connectivity index (χ4n) is 2.54. The summed E-state index contributed by atoms with van der Waals surface area (Å²) in [6, 6.07) is 6.03. The Morgan fingerprint density at radius 1 is 1.16 bits per heavy atom. The van der Waals surface area contributed by atoms with Gasteiger partial charge >= 0.3 is 0 Å². The fourth-order valence-corrected chi connectivity index (χ4v) is 2.54. The third-order valence-corrected chi connectivity index (χ3v) is 3.68. The predicted octanol–water partition coefficient (Wildman–Crippen LogP) is 2.13. The molecule has 1 atom stereocenters. The Balaban J connectivity index is 0.00000180. The summed E-state index contributed by atoms with van der Waals surface area (Å²) in [5.41, 5.74) is 7.49. The van der Waals surface area contributed by atoms with Crippen molar-refractivity contribution in [2.24, 2.45) is 11.7 Å². The smallest absolute Gasteiger partial charge is 0.161 e. The number of benzene rings is 1. The number of ether oxygens (including phenoxy) is 2.